The molecule has 3 aromatic rings. The van der Waals surface area contributed by atoms with E-state index in [4.69, 9.17) is 0 Å². The van der Waals surface area contributed by atoms with Crippen LogP contribution in [-0.2, 0) is 22.6 Å². The van der Waals surface area contributed by atoms with Crippen molar-refractivity contribution >= 4 is 22.8 Å². The fourth-order valence-electron chi connectivity index (χ4n) is 2.08. The molecule has 0 aliphatic heterocycles. The van der Waals surface area contributed by atoms with Gasteiger partial charge in [0.05, 0.1) is 24.3 Å². The van der Waals surface area contributed by atoms with E-state index in [9.17, 15) is 14.4 Å². The fourth-order valence-corrected chi connectivity index (χ4v) is 2.08. The SMILES string of the molecule is COC(=O)Cn1ncc2c(NCc3c[nH]c(=O)[nH]c3=O)ncnc21. The second-order valence-corrected chi connectivity index (χ2v) is 4.79. The Kier molecular flexibility index (Phi) is 4.05. The summed E-state index contributed by atoms with van der Waals surface area (Å²) in [7, 11) is 1.29. The molecule has 3 N–H and O–H groups in total. The van der Waals surface area contributed by atoms with Crippen LogP contribution >= 0.6 is 0 Å². The number of fused-ring (bicyclic) bond motifs is 1. The van der Waals surface area contributed by atoms with Crippen LogP contribution in [0.15, 0.2) is 28.3 Å². The molecule has 0 amide bonds. The summed E-state index contributed by atoms with van der Waals surface area (Å²) in [6.07, 6.45) is 4.15. The van der Waals surface area contributed by atoms with E-state index >= 15 is 0 Å². The number of carbonyl (C=O) groups is 1. The van der Waals surface area contributed by atoms with E-state index in [1.165, 1.54) is 30.5 Å². The zero-order chi connectivity index (χ0) is 17.1. The quantitative estimate of drug-likeness (QED) is 0.504. The van der Waals surface area contributed by atoms with Gasteiger partial charge in [0.15, 0.2) is 5.65 Å². The number of aromatic amines is 2. The molecule has 0 radical (unpaired) electrons. The molecular weight excluding hydrogens is 318 g/mol. The molecule has 11 nitrogen and oxygen atoms in total. The van der Waals surface area contributed by atoms with Crippen molar-refractivity contribution in [3.05, 3.63) is 45.1 Å². The predicted molar refractivity (Wildman–Crippen MR) is 82.3 cm³/mol. The molecule has 0 saturated carbocycles. The Morgan fingerprint density at radius 1 is 1.38 bits per heavy atom. The van der Waals surface area contributed by atoms with Gasteiger partial charge in [0.1, 0.15) is 18.7 Å². The van der Waals surface area contributed by atoms with Crippen LogP contribution in [0.3, 0.4) is 0 Å². The van der Waals surface area contributed by atoms with Gasteiger partial charge in [-0.3, -0.25) is 14.6 Å². The highest BCUT2D eigenvalue weighted by atomic mass is 16.5. The molecular formula is C13H13N7O4. The van der Waals surface area contributed by atoms with Gasteiger partial charge in [0, 0.05) is 12.7 Å². The van der Waals surface area contributed by atoms with E-state index in [0.29, 0.717) is 22.4 Å². The molecule has 0 unspecified atom stereocenters. The molecule has 0 saturated heterocycles. The lowest BCUT2D eigenvalue weighted by atomic mass is 10.3. The van der Waals surface area contributed by atoms with Gasteiger partial charge in [0.2, 0.25) is 0 Å². The number of nitrogens with one attached hydrogen (secondary N) is 3. The Balaban J connectivity index is 1.86. The summed E-state index contributed by atoms with van der Waals surface area (Å²) < 4.78 is 5.99. The van der Waals surface area contributed by atoms with E-state index in [1.54, 1.807) is 0 Å². The maximum atomic E-state index is 11.7. The molecule has 3 heterocycles. The van der Waals surface area contributed by atoms with Crippen LogP contribution in [0.2, 0.25) is 0 Å². The van der Waals surface area contributed by atoms with Gasteiger partial charge >= 0.3 is 11.7 Å². The number of esters is 1. The fraction of sp³-hybridized carbons (Fsp3) is 0.231. The van der Waals surface area contributed by atoms with Crippen molar-refractivity contribution in [2.75, 3.05) is 12.4 Å². The minimum atomic E-state index is -0.572. The van der Waals surface area contributed by atoms with Crippen molar-refractivity contribution in [1.82, 2.24) is 29.7 Å². The topological polar surface area (TPSA) is 148 Å². The van der Waals surface area contributed by atoms with Crippen molar-refractivity contribution < 1.29 is 9.53 Å². The molecule has 0 aromatic carbocycles. The number of ether oxygens (including phenoxy) is 1. The lowest BCUT2D eigenvalue weighted by Gasteiger charge is -2.06. The molecule has 0 aliphatic carbocycles. The number of hydrogen-bond acceptors (Lipinski definition) is 8. The Morgan fingerprint density at radius 3 is 2.96 bits per heavy atom. The largest absolute Gasteiger partial charge is 0.468 e. The second-order valence-electron chi connectivity index (χ2n) is 4.79. The Labute approximate surface area is 133 Å². The number of hydrogen-bond donors (Lipinski definition) is 3. The number of anilines is 1. The summed E-state index contributed by atoms with van der Waals surface area (Å²) in [6, 6.07) is 0. The summed E-state index contributed by atoms with van der Waals surface area (Å²) >= 11 is 0. The van der Waals surface area contributed by atoms with Gasteiger partial charge in [-0.15, -0.1) is 0 Å². The van der Waals surface area contributed by atoms with E-state index in [0.717, 1.165) is 0 Å². The third-order valence-electron chi connectivity index (χ3n) is 3.28. The molecule has 24 heavy (non-hydrogen) atoms. The highest BCUT2D eigenvalue weighted by molar-refractivity contribution is 5.86. The smallest absolute Gasteiger partial charge is 0.327 e. The third-order valence-corrected chi connectivity index (χ3v) is 3.28. The highest BCUT2D eigenvalue weighted by Crippen LogP contribution is 2.18. The molecule has 0 bridgehead atoms. The highest BCUT2D eigenvalue weighted by Gasteiger charge is 2.12. The summed E-state index contributed by atoms with van der Waals surface area (Å²) in [6.45, 7) is 0.0659. The van der Waals surface area contributed by atoms with Gasteiger partial charge < -0.3 is 15.0 Å². The second kappa shape index (κ2) is 6.32. The summed E-state index contributed by atoms with van der Waals surface area (Å²) in [5.41, 5.74) is -0.271. The zero-order valence-electron chi connectivity index (χ0n) is 12.6. The van der Waals surface area contributed by atoms with E-state index in [1.807, 2.05) is 0 Å². The number of carbonyl (C=O) groups excluding carboxylic acids is 1. The van der Waals surface area contributed by atoms with Gasteiger partial charge in [-0.25, -0.2) is 19.4 Å². The molecule has 3 aromatic heterocycles. The van der Waals surface area contributed by atoms with Crippen LogP contribution in [0.1, 0.15) is 5.56 Å². The maximum absolute atomic E-state index is 11.7. The van der Waals surface area contributed by atoms with Crippen LogP contribution in [0.4, 0.5) is 5.82 Å². The molecule has 124 valence electrons. The summed E-state index contributed by atoms with van der Waals surface area (Å²) in [5, 5.41) is 7.65. The van der Waals surface area contributed by atoms with Crippen molar-refractivity contribution in [2.45, 2.75) is 13.1 Å². The Bertz CT molecular complexity index is 1000. The van der Waals surface area contributed by atoms with Crippen molar-refractivity contribution in [1.29, 1.82) is 0 Å². The van der Waals surface area contributed by atoms with Gasteiger partial charge in [-0.2, -0.15) is 5.10 Å². The normalized spacial score (nSPS) is 10.7. The van der Waals surface area contributed by atoms with Crippen LogP contribution in [0.5, 0.6) is 0 Å². The van der Waals surface area contributed by atoms with E-state index < -0.39 is 17.2 Å². The van der Waals surface area contributed by atoms with E-state index in [2.05, 4.69) is 35.1 Å². The van der Waals surface area contributed by atoms with Crippen LogP contribution < -0.4 is 16.6 Å². The zero-order valence-corrected chi connectivity index (χ0v) is 12.6. The van der Waals surface area contributed by atoms with Gasteiger partial charge in [-0.05, 0) is 0 Å². The van der Waals surface area contributed by atoms with Crippen LogP contribution in [0.25, 0.3) is 11.0 Å². The average molecular weight is 331 g/mol. The first-order chi connectivity index (χ1) is 11.6. The van der Waals surface area contributed by atoms with Crippen molar-refractivity contribution in [2.24, 2.45) is 0 Å². The molecule has 0 fully saturated rings. The van der Waals surface area contributed by atoms with Gasteiger partial charge in [0.25, 0.3) is 5.56 Å². The molecule has 0 aliphatic rings. The minimum Gasteiger partial charge on any atom is -0.468 e. The standard InChI is InChI=1S/C13H13N7O4/c1-24-9(21)5-20-11-8(4-18-20)10(16-6-17-11)14-2-7-3-15-13(23)19-12(7)22/h3-4,6H,2,5H2,1H3,(H,14,16,17)(H2,15,19,22,23). The number of methoxy groups -OCH3 is 1. The first-order valence-electron chi connectivity index (χ1n) is 6.86. The summed E-state index contributed by atoms with van der Waals surface area (Å²) in [4.78, 5) is 46.8. The first-order valence-corrected chi connectivity index (χ1v) is 6.86. The van der Waals surface area contributed by atoms with Crippen molar-refractivity contribution in [3.8, 4) is 0 Å². The summed E-state index contributed by atoms with van der Waals surface area (Å²) in [5.74, 6) is -0.00499. The maximum Gasteiger partial charge on any atom is 0.327 e. The number of aromatic nitrogens is 6. The Morgan fingerprint density at radius 2 is 2.21 bits per heavy atom. The van der Waals surface area contributed by atoms with Gasteiger partial charge in [-0.1, -0.05) is 0 Å². The molecule has 3 rings (SSSR count). The first kappa shape index (κ1) is 15.4. The monoisotopic (exact) mass is 331 g/mol. The average Bonchev–Trinajstić information content (AvgIpc) is 2.97. The number of rotatable bonds is 5. The lowest BCUT2D eigenvalue weighted by Crippen LogP contribution is -2.25. The molecule has 0 atom stereocenters. The predicted octanol–water partition coefficient (Wildman–Crippen LogP) is -1.01. The minimum absolute atomic E-state index is 0.0734. The Hall–Kier alpha value is -3.50. The lowest BCUT2D eigenvalue weighted by molar-refractivity contribution is -0.141. The molecule has 0 spiro atoms. The van der Waals surface area contributed by atoms with E-state index in [-0.39, 0.29) is 13.1 Å². The molecule has 11 heteroatoms. The van der Waals surface area contributed by atoms with Crippen LogP contribution in [-0.4, -0.2) is 42.8 Å². The third kappa shape index (κ3) is 2.99. The number of nitrogens with zero attached hydrogens (tertiary/aromatic N) is 4. The number of H-pyrrole nitrogens is 2. The van der Waals surface area contributed by atoms with Crippen molar-refractivity contribution in [3.63, 3.8) is 0 Å². The van der Waals surface area contributed by atoms with Crippen LogP contribution in [0, 0.1) is 0 Å².